The molecule has 0 amide bonds. The Morgan fingerprint density at radius 1 is 1.37 bits per heavy atom. The monoisotopic (exact) mass is 291 g/mol. The third-order valence-electron chi connectivity index (χ3n) is 2.26. The summed E-state index contributed by atoms with van der Waals surface area (Å²) < 4.78 is 30.6. The van der Waals surface area contributed by atoms with E-state index in [9.17, 15) is 13.2 Å². The van der Waals surface area contributed by atoms with Gasteiger partial charge in [0.2, 0.25) is 0 Å². The van der Waals surface area contributed by atoms with Gasteiger partial charge in [-0.25, -0.2) is 4.79 Å². The molecule has 106 valence electrons. The summed E-state index contributed by atoms with van der Waals surface area (Å²) in [6, 6.07) is 2.97. The van der Waals surface area contributed by atoms with Crippen molar-refractivity contribution in [3.8, 4) is 0 Å². The molecule has 1 atom stereocenters. The lowest BCUT2D eigenvalue weighted by atomic mass is 10.1. The minimum absolute atomic E-state index is 0.0624. The van der Waals surface area contributed by atoms with Crippen LogP contribution < -0.4 is 5.32 Å². The smallest absolute Gasteiger partial charge is 0.337 e. The van der Waals surface area contributed by atoms with Crippen molar-refractivity contribution in [1.82, 2.24) is 0 Å². The molecule has 0 bridgehead atoms. The highest BCUT2D eigenvalue weighted by Gasteiger charge is 2.17. The van der Waals surface area contributed by atoms with Gasteiger partial charge in [0.05, 0.1) is 23.2 Å². The fourth-order valence-corrected chi connectivity index (χ4v) is 1.81. The fraction of sp³-hybridized carbons (Fsp3) is 0.300. The summed E-state index contributed by atoms with van der Waals surface area (Å²) in [5.74, 6) is -1.40. The summed E-state index contributed by atoms with van der Waals surface area (Å²) in [6.45, 7) is -0.611. The molecule has 8 nitrogen and oxygen atoms in total. The highest BCUT2D eigenvalue weighted by molar-refractivity contribution is 7.85. The second-order valence-electron chi connectivity index (χ2n) is 3.70. The second-order valence-corrected chi connectivity index (χ2v) is 5.13. The van der Waals surface area contributed by atoms with Gasteiger partial charge in [-0.2, -0.15) is 8.42 Å². The first kappa shape index (κ1) is 15.4. The molecule has 1 aromatic rings. The molecule has 1 rings (SSSR count). The predicted octanol–water partition coefficient (Wildman–Crippen LogP) is -0.603. The molecule has 9 heteroatoms. The molecule has 19 heavy (non-hydrogen) atoms. The van der Waals surface area contributed by atoms with E-state index in [0.29, 0.717) is 0 Å². The molecule has 0 spiro atoms. The summed E-state index contributed by atoms with van der Waals surface area (Å²) in [4.78, 5) is 10.4. The van der Waals surface area contributed by atoms with Crippen LogP contribution in [0.2, 0.25) is 0 Å². The van der Waals surface area contributed by atoms with Gasteiger partial charge in [0, 0.05) is 12.2 Å². The van der Waals surface area contributed by atoms with Crippen LogP contribution in [0.25, 0.3) is 0 Å². The number of hydrogen-bond donors (Lipinski definition) is 5. The largest absolute Gasteiger partial charge is 0.478 e. The number of aliphatic hydroxyl groups is 2. The van der Waals surface area contributed by atoms with Crippen LogP contribution in [0.5, 0.6) is 0 Å². The Balaban J connectivity index is 3.09. The van der Waals surface area contributed by atoms with Gasteiger partial charge in [-0.05, 0) is 18.2 Å². The molecule has 0 radical (unpaired) electrons. The SMILES string of the molecule is O=C(O)c1cc(S(=O)(=O)O)ccc1NCC(O)CO. The lowest BCUT2D eigenvalue weighted by molar-refractivity contribution is 0.0697. The van der Waals surface area contributed by atoms with Crippen molar-refractivity contribution in [1.29, 1.82) is 0 Å². The first-order valence-corrected chi connectivity index (χ1v) is 6.57. The number of hydrogen-bond acceptors (Lipinski definition) is 6. The fourth-order valence-electron chi connectivity index (χ4n) is 1.31. The Bertz CT molecular complexity index is 569. The van der Waals surface area contributed by atoms with Crippen LogP contribution in [0.3, 0.4) is 0 Å². The van der Waals surface area contributed by atoms with Crippen LogP contribution >= 0.6 is 0 Å². The first-order valence-electron chi connectivity index (χ1n) is 5.13. The lowest BCUT2D eigenvalue weighted by Gasteiger charge is -2.13. The topological polar surface area (TPSA) is 144 Å². The molecule has 0 aliphatic rings. The van der Waals surface area contributed by atoms with Crippen LogP contribution in [0, 0.1) is 0 Å². The Hall–Kier alpha value is -1.68. The van der Waals surface area contributed by atoms with E-state index in [4.69, 9.17) is 19.9 Å². The molecule has 0 heterocycles. The number of carboxylic acids is 1. The summed E-state index contributed by atoms with van der Waals surface area (Å²) in [5.41, 5.74) is -0.312. The van der Waals surface area contributed by atoms with Gasteiger partial charge in [0.25, 0.3) is 10.1 Å². The Morgan fingerprint density at radius 3 is 2.47 bits per heavy atom. The molecular formula is C10H13NO7S. The lowest BCUT2D eigenvalue weighted by Crippen LogP contribution is -2.23. The van der Waals surface area contributed by atoms with Crippen molar-refractivity contribution >= 4 is 21.8 Å². The van der Waals surface area contributed by atoms with Gasteiger partial charge in [0.1, 0.15) is 0 Å². The Labute approximate surface area is 109 Å². The van der Waals surface area contributed by atoms with Crippen LogP contribution in [0.1, 0.15) is 10.4 Å². The van der Waals surface area contributed by atoms with Crippen molar-refractivity contribution in [3.63, 3.8) is 0 Å². The van der Waals surface area contributed by atoms with Crippen molar-refractivity contribution in [2.45, 2.75) is 11.0 Å². The number of aromatic carboxylic acids is 1. The summed E-state index contributed by atoms with van der Waals surface area (Å²) in [6.07, 6.45) is -1.08. The Morgan fingerprint density at radius 2 is 2.00 bits per heavy atom. The van der Waals surface area contributed by atoms with E-state index in [1.807, 2.05) is 0 Å². The predicted molar refractivity (Wildman–Crippen MR) is 64.8 cm³/mol. The summed E-state index contributed by atoms with van der Waals surface area (Å²) >= 11 is 0. The van der Waals surface area contributed by atoms with Gasteiger partial charge >= 0.3 is 5.97 Å². The van der Waals surface area contributed by atoms with E-state index >= 15 is 0 Å². The molecule has 1 unspecified atom stereocenters. The normalized spacial score (nSPS) is 13.0. The third kappa shape index (κ3) is 4.17. The standard InChI is InChI=1S/C10H13NO7S/c12-5-6(13)4-11-9-2-1-7(19(16,17)18)3-8(9)10(14)15/h1-3,6,11-13H,4-5H2,(H,14,15)(H,16,17,18). The number of aliphatic hydroxyl groups excluding tert-OH is 2. The summed E-state index contributed by atoms with van der Waals surface area (Å²) in [7, 11) is -4.49. The van der Waals surface area contributed by atoms with Crippen molar-refractivity contribution in [3.05, 3.63) is 23.8 Å². The van der Waals surface area contributed by atoms with Crippen LogP contribution in [-0.2, 0) is 10.1 Å². The average molecular weight is 291 g/mol. The molecule has 0 aliphatic heterocycles. The number of nitrogens with one attached hydrogen (secondary N) is 1. The average Bonchev–Trinajstić information content (AvgIpc) is 2.34. The van der Waals surface area contributed by atoms with Crippen LogP contribution in [-0.4, -0.2) is 53.5 Å². The maximum Gasteiger partial charge on any atom is 0.337 e. The quantitative estimate of drug-likeness (QED) is 0.437. The molecule has 0 saturated heterocycles. The van der Waals surface area contributed by atoms with Gasteiger partial charge < -0.3 is 20.6 Å². The number of benzene rings is 1. The zero-order valence-corrected chi connectivity index (χ0v) is 10.5. The molecule has 5 N–H and O–H groups in total. The van der Waals surface area contributed by atoms with Crippen LogP contribution in [0.4, 0.5) is 5.69 Å². The van der Waals surface area contributed by atoms with E-state index in [2.05, 4.69) is 5.32 Å². The van der Waals surface area contributed by atoms with E-state index in [1.54, 1.807) is 0 Å². The maximum atomic E-state index is 11.0. The zero-order valence-electron chi connectivity index (χ0n) is 9.65. The second kappa shape index (κ2) is 5.97. The van der Waals surface area contributed by atoms with Crippen LogP contribution in [0.15, 0.2) is 23.1 Å². The van der Waals surface area contributed by atoms with Gasteiger partial charge in [0.15, 0.2) is 0 Å². The molecule has 0 saturated carbocycles. The molecular weight excluding hydrogens is 278 g/mol. The minimum atomic E-state index is -4.49. The highest BCUT2D eigenvalue weighted by atomic mass is 32.2. The zero-order chi connectivity index (χ0) is 14.6. The van der Waals surface area contributed by atoms with E-state index < -0.39 is 33.7 Å². The van der Waals surface area contributed by atoms with E-state index in [1.165, 1.54) is 0 Å². The van der Waals surface area contributed by atoms with E-state index in [-0.39, 0.29) is 17.8 Å². The van der Waals surface area contributed by atoms with Gasteiger partial charge in [-0.3, -0.25) is 4.55 Å². The molecule has 0 aromatic heterocycles. The number of carboxylic acid groups (broad SMARTS) is 1. The van der Waals surface area contributed by atoms with Crippen molar-refractivity contribution < 1.29 is 33.1 Å². The highest BCUT2D eigenvalue weighted by Crippen LogP contribution is 2.20. The number of rotatable bonds is 6. The van der Waals surface area contributed by atoms with E-state index in [0.717, 1.165) is 18.2 Å². The molecule has 0 aliphatic carbocycles. The van der Waals surface area contributed by atoms with Gasteiger partial charge in [-0.15, -0.1) is 0 Å². The summed E-state index contributed by atoms with van der Waals surface area (Å²) in [5, 5.41) is 29.3. The molecule has 0 fully saturated rings. The first-order chi connectivity index (χ1) is 8.75. The van der Waals surface area contributed by atoms with Gasteiger partial charge in [-0.1, -0.05) is 0 Å². The Kier molecular flexibility index (Phi) is 4.84. The minimum Gasteiger partial charge on any atom is -0.478 e. The third-order valence-corrected chi connectivity index (χ3v) is 3.11. The van der Waals surface area contributed by atoms with Crippen molar-refractivity contribution in [2.75, 3.05) is 18.5 Å². The van der Waals surface area contributed by atoms with Crippen molar-refractivity contribution in [2.24, 2.45) is 0 Å². The maximum absolute atomic E-state index is 11.0. The number of carbonyl (C=O) groups is 1. The number of anilines is 1. The molecule has 1 aromatic carbocycles.